The van der Waals surface area contributed by atoms with Gasteiger partial charge in [-0.3, -0.25) is 9.59 Å². The van der Waals surface area contributed by atoms with E-state index in [1.165, 1.54) is 0 Å². The Balaban J connectivity index is 1.89. The molecule has 0 N–H and O–H groups in total. The maximum Gasteiger partial charge on any atom is 0.282 e. The number of likely N-dealkylation sites (tertiary alicyclic amines) is 1. The largest absolute Gasteiger partial charge is 0.366 e. The molecule has 1 fully saturated rings. The average molecular weight is 410 g/mol. The van der Waals surface area contributed by atoms with E-state index in [0.29, 0.717) is 24.6 Å². The first-order valence-corrected chi connectivity index (χ1v) is 10.2. The van der Waals surface area contributed by atoms with Crippen molar-refractivity contribution >= 4 is 23.1 Å². The van der Waals surface area contributed by atoms with Crippen molar-refractivity contribution in [2.45, 2.75) is 33.6 Å². The van der Waals surface area contributed by atoms with E-state index in [1.807, 2.05) is 36.9 Å². The fourth-order valence-corrected chi connectivity index (χ4v) is 4.42. The van der Waals surface area contributed by atoms with Gasteiger partial charge in [-0.1, -0.05) is 30.7 Å². The molecule has 0 saturated carbocycles. The quantitative estimate of drug-likeness (QED) is 0.695. The van der Waals surface area contributed by atoms with Crippen molar-refractivity contribution in [1.82, 2.24) is 4.90 Å². The van der Waals surface area contributed by atoms with Gasteiger partial charge in [-0.15, -0.1) is 0 Å². The Morgan fingerprint density at radius 1 is 1.00 bits per heavy atom. The molecule has 0 bridgehead atoms. The number of nitrogens with zero attached hydrogens (tertiary/aromatic N) is 2. The van der Waals surface area contributed by atoms with Crippen molar-refractivity contribution in [3.63, 3.8) is 0 Å². The summed E-state index contributed by atoms with van der Waals surface area (Å²) in [6, 6.07) is 8.45. The van der Waals surface area contributed by atoms with Crippen LogP contribution in [0.25, 0.3) is 5.57 Å². The van der Waals surface area contributed by atoms with Gasteiger partial charge in [0.15, 0.2) is 0 Å². The van der Waals surface area contributed by atoms with Crippen LogP contribution < -0.4 is 4.90 Å². The Kier molecular flexibility index (Phi) is 5.18. The standard InChI is InChI=1S/C24H24F2N2O2/c1-14-6-8-18(16(3)11-14)21-22(27-10-4-5-15(2)13-27)24(30)28(23(21)29)20-12-17(25)7-9-19(20)26/h6-9,11-12,15H,4-5,10,13H2,1-3H3. The fraction of sp³-hybridized carbons (Fsp3) is 0.333. The van der Waals surface area contributed by atoms with E-state index in [4.69, 9.17) is 0 Å². The summed E-state index contributed by atoms with van der Waals surface area (Å²) in [5.74, 6) is -2.38. The molecule has 156 valence electrons. The number of hydrogen-bond acceptors (Lipinski definition) is 3. The molecule has 0 radical (unpaired) electrons. The predicted molar refractivity (Wildman–Crippen MR) is 112 cm³/mol. The summed E-state index contributed by atoms with van der Waals surface area (Å²) in [4.78, 5) is 29.7. The third kappa shape index (κ3) is 3.40. The molecule has 4 rings (SSSR count). The lowest BCUT2D eigenvalue weighted by atomic mass is 9.95. The van der Waals surface area contributed by atoms with E-state index in [0.717, 1.165) is 47.1 Å². The summed E-state index contributed by atoms with van der Waals surface area (Å²) in [5, 5.41) is 0. The van der Waals surface area contributed by atoms with E-state index in [9.17, 15) is 18.4 Å². The van der Waals surface area contributed by atoms with Crippen molar-refractivity contribution in [2.75, 3.05) is 18.0 Å². The number of rotatable bonds is 3. The Morgan fingerprint density at radius 3 is 2.47 bits per heavy atom. The number of carbonyl (C=O) groups is 2. The molecular formula is C24H24F2N2O2. The number of benzene rings is 2. The summed E-state index contributed by atoms with van der Waals surface area (Å²) in [6.07, 6.45) is 1.95. The highest BCUT2D eigenvalue weighted by Gasteiger charge is 2.44. The number of halogens is 2. The van der Waals surface area contributed by atoms with Gasteiger partial charge in [-0.2, -0.15) is 0 Å². The van der Waals surface area contributed by atoms with Crippen LogP contribution in [0.1, 0.15) is 36.5 Å². The Labute approximate surface area is 174 Å². The van der Waals surface area contributed by atoms with Crippen molar-refractivity contribution in [3.05, 3.63) is 70.4 Å². The predicted octanol–water partition coefficient (Wildman–Crippen LogP) is 4.60. The molecule has 30 heavy (non-hydrogen) atoms. The van der Waals surface area contributed by atoms with Crippen LogP contribution in [0.3, 0.4) is 0 Å². The third-order valence-corrected chi connectivity index (χ3v) is 5.83. The van der Waals surface area contributed by atoms with E-state index >= 15 is 0 Å². The first-order valence-electron chi connectivity index (χ1n) is 10.2. The van der Waals surface area contributed by atoms with Crippen LogP contribution in [-0.2, 0) is 9.59 Å². The van der Waals surface area contributed by atoms with Gasteiger partial charge in [-0.05, 0) is 55.9 Å². The highest BCUT2D eigenvalue weighted by atomic mass is 19.1. The Morgan fingerprint density at radius 2 is 1.77 bits per heavy atom. The molecule has 6 heteroatoms. The average Bonchev–Trinajstić information content (AvgIpc) is 2.94. The van der Waals surface area contributed by atoms with E-state index in [1.54, 1.807) is 0 Å². The van der Waals surface area contributed by atoms with E-state index < -0.39 is 23.4 Å². The molecule has 2 aliphatic heterocycles. The Hall–Kier alpha value is -3.02. The number of aryl methyl sites for hydroxylation is 2. The van der Waals surface area contributed by atoms with Gasteiger partial charge in [0.2, 0.25) is 0 Å². The zero-order valence-electron chi connectivity index (χ0n) is 17.3. The van der Waals surface area contributed by atoms with Crippen molar-refractivity contribution in [3.8, 4) is 0 Å². The zero-order valence-corrected chi connectivity index (χ0v) is 17.3. The van der Waals surface area contributed by atoms with Crippen molar-refractivity contribution in [1.29, 1.82) is 0 Å². The monoisotopic (exact) mass is 410 g/mol. The molecule has 2 heterocycles. The third-order valence-electron chi connectivity index (χ3n) is 5.83. The highest BCUT2D eigenvalue weighted by Crippen LogP contribution is 2.38. The molecule has 1 atom stereocenters. The van der Waals surface area contributed by atoms with Crippen LogP contribution in [0, 0.1) is 31.4 Å². The summed E-state index contributed by atoms with van der Waals surface area (Å²) in [6.45, 7) is 7.23. The molecule has 2 aromatic carbocycles. The lowest BCUT2D eigenvalue weighted by Crippen LogP contribution is -2.39. The number of hydrogen-bond donors (Lipinski definition) is 0. The molecular weight excluding hydrogens is 386 g/mol. The van der Waals surface area contributed by atoms with Gasteiger partial charge >= 0.3 is 0 Å². The molecule has 0 spiro atoms. The Bertz CT molecular complexity index is 1080. The van der Waals surface area contributed by atoms with Crippen molar-refractivity contribution < 1.29 is 18.4 Å². The normalized spacial score (nSPS) is 19.8. The molecule has 0 aliphatic carbocycles. The maximum absolute atomic E-state index is 14.5. The van der Waals surface area contributed by atoms with Crippen molar-refractivity contribution in [2.24, 2.45) is 5.92 Å². The first kappa shape index (κ1) is 20.3. The van der Waals surface area contributed by atoms with Gasteiger partial charge in [0.1, 0.15) is 17.3 Å². The lowest BCUT2D eigenvalue weighted by molar-refractivity contribution is -0.120. The van der Waals surface area contributed by atoms with Crippen LogP contribution in [0.15, 0.2) is 42.1 Å². The zero-order chi connectivity index (χ0) is 21.6. The fourth-order valence-electron chi connectivity index (χ4n) is 4.42. The molecule has 1 saturated heterocycles. The van der Waals surface area contributed by atoms with Crippen LogP contribution in [0.2, 0.25) is 0 Å². The number of carbonyl (C=O) groups excluding carboxylic acids is 2. The van der Waals surface area contributed by atoms with Gasteiger partial charge in [0, 0.05) is 19.2 Å². The van der Waals surface area contributed by atoms with Gasteiger partial charge in [0.25, 0.3) is 11.8 Å². The second kappa shape index (κ2) is 7.67. The summed E-state index contributed by atoms with van der Waals surface area (Å²) < 4.78 is 28.4. The summed E-state index contributed by atoms with van der Waals surface area (Å²) >= 11 is 0. The lowest BCUT2D eigenvalue weighted by Gasteiger charge is -2.33. The minimum atomic E-state index is -0.814. The number of amides is 2. The topological polar surface area (TPSA) is 40.6 Å². The molecule has 0 aromatic heterocycles. The second-order valence-electron chi connectivity index (χ2n) is 8.28. The molecule has 2 aliphatic rings. The number of piperidine rings is 1. The molecule has 2 aromatic rings. The van der Waals surface area contributed by atoms with Crippen LogP contribution >= 0.6 is 0 Å². The first-order chi connectivity index (χ1) is 14.3. The summed E-state index contributed by atoms with van der Waals surface area (Å²) in [7, 11) is 0. The number of anilines is 1. The van der Waals surface area contributed by atoms with Gasteiger partial charge < -0.3 is 4.90 Å². The van der Waals surface area contributed by atoms with Gasteiger partial charge in [-0.25, -0.2) is 13.7 Å². The van der Waals surface area contributed by atoms with Gasteiger partial charge in [0.05, 0.1) is 11.3 Å². The van der Waals surface area contributed by atoms with Crippen LogP contribution in [-0.4, -0.2) is 29.8 Å². The van der Waals surface area contributed by atoms with Crippen LogP contribution in [0.5, 0.6) is 0 Å². The van der Waals surface area contributed by atoms with Crippen LogP contribution in [0.4, 0.5) is 14.5 Å². The van der Waals surface area contributed by atoms with E-state index in [-0.39, 0.29) is 17.0 Å². The SMILES string of the molecule is Cc1ccc(C2=C(N3CCCC(C)C3)C(=O)N(c3cc(F)ccc3F)C2=O)c(C)c1. The molecule has 2 amide bonds. The number of imide groups is 1. The maximum atomic E-state index is 14.5. The van der Waals surface area contributed by atoms with E-state index in [2.05, 4.69) is 6.92 Å². The highest BCUT2D eigenvalue weighted by molar-refractivity contribution is 6.45. The minimum Gasteiger partial charge on any atom is -0.366 e. The second-order valence-corrected chi connectivity index (χ2v) is 8.28. The smallest absolute Gasteiger partial charge is 0.282 e. The minimum absolute atomic E-state index is 0.260. The molecule has 1 unspecified atom stereocenters. The summed E-state index contributed by atoms with van der Waals surface area (Å²) in [5.41, 5.74) is 2.72. The molecule has 4 nitrogen and oxygen atoms in total.